The van der Waals surface area contributed by atoms with E-state index in [9.17, 15) is 9.18 Å². The molecule has 3 aromatic rings. The van der Waals surface area contributed by atoms with Gasteiger partial charge in [-0.25, -0.2) is 14.4 Å². The van der Waals surface area contributed by atoms with Gasteiger partial charge in [-0.05, 0) is 57.4 Å². The predicted molar refractivity (Wildman–Crippen MR) is 133 cm³/mol. The molecule has 1 amide bonds. The number of piperidine rings is 1. The number of ether oxygens (including phenoxy) is 1. The fraction of sp³-hybridized carbons (Fsp3) is 0.423. The number of rotatable bonds is 7. The van der Waals surface area contributed by atoms with Crippen molar-refractivity contribution in [3.05, 3.63) is 48.2 Å². The minimum absolute atomic E-state index is 0.0872. The Balaban J connectivity index is 1.46. The molecule has 0 spiro atoms. The highest BCUT2D eigenvalue weighted by Crippen LogP contribution is 2.29. The highest BCUT2D eigenvalue weighted by Gasteiger charge is 2.23. The highest BCUT2D eigenvalue weighted by atomic mass is 19.1. The maximum atomic E-state index is 14.7. The molecule has 9 nitrogen and oxygen atoms in total. The third kappa shape index (κ3) is 5.79. The summed E-state index contributed by atoms with van der Waals surface area (Å²) >= 11 is 0. The van der Waals surface area contributed by atoms with Crippen LogP contribution in [0.15, 0.2) is 36.8 Å². The fourth-order valence-corrected chi connectivity index (χ4v) is 4.03. The van der Waals surface area contributed by atoms with Crippen molar-refractivity contribution in [3.63, 3.8) is 0 Å². The van der Waals surface area contributed by atoms with Gasteiger partial charge in [-0.1, -0.05) is 0 Å². The Hall–Kier alpha value is -4.00. The first-order valence-corrected chi connectivity index (χ1v) is 11.9. The number of hydrogen-bond donors (Lipinski definition) is 1. The van der Waals surface area contributed by atoms with Crippen LogP contribution in [0.4, 0.5) is 16.0 Å². The van der Waals surface area contributed by atoms with Gasteiger partial charge < -0.3 is 15.0 Å². The molecule has 0 bridgehead atoms. The summed E-state index contributed by atoms with van der Waals surface area (Å²) in [7, 11) is 0. The number of hydrogen-bond acceptors (Lipinski definition) is 7. The average molecular weight is 492 g/mol. The van der Waals surface area contributed by atoms with E-state index < -0.39 is 11.2 Å². The van der Waals surface area contributed by atoms with Crippen molar-refractivity contribution in [3.8, 4) is 23.1 Å². The van der Waals surface area contributed by atoms with Crippen molar-refractivity contribution in [1.29, 1.82) is 5.26 Å². The first-order chi connectivity index (χ1) is 17.1. The van der Waals surface area contributed by atoms with E-state index >= 15 is 0 Å². The second-order valence-electron chi connectivity index (χ2n) is 9.73. The van der Waals surface area contributed by atoms with Crippen LogP contribution in [-0.2, 0) is 4.79 Å². The molecule has 1 N–H and O–H groups in total. The fourth-order valence-electron chi connectivity index (χ4n) is 4.03. The molecule has 1 fully saturated rings. The molecule has 0 saturated carbocycles. The van der Waals surface area contributed by atoms with E-state index in [4.69, 9.17) is 10.00 Å². The largest absolute Gasteiger partial charge is 0.489 e. The summed E-state index contributed by atoms with van der Waals surface area (Å²) in [6, 6.07) is 7.03. The number of halogens is 1. The van der Waals surface area contributed by atoms with Gasteiger partial charge >= 0.3 is 0 Å². The average Bonchev–Trinajstić information content (AvgIpc) is 3.33. The van der Waals surface area contributed by atoms with Crippen molar-refractivity contribution in [2.24, 2.45) is 5.41 Å². The van der Waals surface area contributed by atoms with Crippen LogP contribution in [0, 0.1) is 29.5 Å². The number of anilines is 2. The zero-order chi connectivity index (χ0) is 25.9. The Morgan fingerprint density at radius 2 is 2.06 bits per heavy atom. The van der Waals surface area contributed by atoms with Crippen molar-refractivity contribution in [2.75, 3.05) is 25.0 Å². The lowest BCUT2D eigenvalue weighted by Crippen LogP contribution is -2.37. The molecule has 10 heteroatoms. The van der Waals surface area contributed by atoms with Gasteiger partial charge in [0.1, 0.15) is 6.61 Å². The minimum Gasteiger partial charge on any atom is -0.489 e. The Bertz CT molecular complexity index is 1290. The van der Waals surface area contributed by atoms with Gasteiger partial charge in [-0.2, -0.15) is 10.4 Å². The second-order valence-corrected chi connectivity index (χ2v) is 9.73. The van der Waals surface area contributed by atoms with Gasteiger partial charge in [0.25, 0.3) is 0 Å². The minimum atomic E-state index is -0.714. The molecule has 1 aliphatic rings. The van der Waals surface area contributed by atoms with Crippen molar-refractivity contribution in [2.45, 2.75) is 46.6 Å². The van der Waals surface area contributed by atoms with E-state index in [0.717, 1.165) is 37.2 Å². The smallest absolute Gasteiger partial charge is 0.227 e. The lowest BCUT2D eigenvalue weighted by Gasteiger charge is -2.31. The Morgan fingerprint density at radius 3 is 2.72 bits per heavy atom. The third-order valence-corrected chi connectivity index (χ3v) is 6.21. The first kappa shape index (κ1) is 25.1. The van der Waals surface area contributed by atoms with Gasteiger partial charge in [0.2, 0.25) is 11.9 Å². The summed E-state index contributed by atoms with van der Waals surface area (Å²) in [6.07, 6.45) is 7.01. The molecule has 0 radical (unpaired) electrons. The molecule has 1 saturated heterocycles. The third-order valence-electron chi connectivity index (χ3n) is 6.21. The number of nitriles is 1. The van der Waals surface area contributed by atoms with Gasteiger partial charge in [0, 0.05) is 38.0 Å². The zero-order valence-corrected chi connectivity index (χ0v) is 21.0. The Kier molecular flexibility index (Phi) is 7.20. The predicted octanol–water partition coefficient (Wildman–Crippen LogP) is 4.64. The summed E-state index contributed by atoms with van der Waals surface area (Å²) < 4.78 is 22.2. The molecule has 1 aliphatic heterocycles. The number of likely N-dealkylation sites (tertiary alicyclic amines) is 1. The number of carbonyl (C=O) groups excluding carboxylic acids is 1. The Labute approximate surface area is 209 Å². The number of amides is 1. The van der Waals surface area contributed by atoms with Crippen LogP contribution in [0.3, 0.4) is 0 Å². The molecule has 36 heavy (non-hydrogen) atoms. The van der Waals surface area contributed by atoms with E-state index in [1.54, 1.807) is 45.3 Å². The van der Waals surface area contributed by atoms with E-state index in [2.05, 4.69) is 26.5 Å². The zero-order valence-electron chi connectivity index (χ0n) is 21.0. The molecular formula is C26H30FN7O2. The monoisotopic (exact) mass is 491 g/mol. The van der Waals surface area contributed by atoms with E-state index in [0.29, 0.717) is 17.2 Å². The van der Waals surface area contributed by atoms with Crippen LogP contribution in [0.2, 0.25) is 0 Å². The second kappa shape index (κ2) is 10.3. The summed E-state index contributed by atoms with van der Waals surface area (Å²) in [5, 5.41) is 16.8. The quantitative estimate of drug-likeness (QED) is 0.513. The highest BCUT2D eigenvalue weighted by molar-refractivity contribution is 5.73. The van der Waals surface area contributed by atoms with Crippen molar-refractivity contribution < 1.29 is 13.9 Å². The number of nitrogens with one attached hydrogen (secondary N) is 1. The van der Waals surface area contributed by atoms with Crippen molar-refractivity contribution in [1.82, 2.24) is 24.6 Å². The van der Waals surface area contributed by atoms with Gasteiger partial charge in [-0.3, -0.25) is 9.48 Å². The molecule has 0 aliphatic carbocycles. The number of aromatic nitrogens is 4. The van der Waals surface area contributed by atoms with Crippen LogP contribution in [0.5, 0.6) is 5.75 Å². The normalized spacial score (nSPS) is 14.4. The molecular weight excluding hydrogens is 461 g/mol. The topological polar surface area (TPSA) is 109 Å². The van der Waals surface area contributed by atoms with Crippen LogP contribution >= 0.6 is 0 Å². The molecule has 3 heterocycles. The molecule has 0 atom stereocenters. The lowest BCUT2D eigenvalue weighted by atomic mass is 9.98. The summed E-state index contributed by atoms with van der Waals surface area (Å²) in [5.41, 5.74) is 2.02. The van der Waals surface area contributed by atoms with Crippen LogP contribution in [0.25, 0.3) is 11.3 Å². The molecule has 4 rings (SSSR count). The standard InChI is InChI=1S/C26H30FN7O2/c1-17-12-29-25(31-20-13-30-34(14-20)21-7-9-33(10-8-21)18(2)35)32-24(17)19-5-6-23(22(27)11-19)36-16-26(3,4)15-28/h5-6,11-14,21H,7-10,16H2,1-4H3,(H,29,31,32). The van der Waals surface area contributed by atoms with E-state index in [1.165, 1.54) is 6.07 Å². The van der Waals surface area contributed by atoms with Crippen molar-refractivity contribution >= 4 is 17.5 Å². The maximum Gasteiger partial charge on any atom is 0.227 e. The van der Waals surface area contributed by atoms with Gasteiger partial charge in [-0.15, -0.1) is 0 Å². The summed E-state index contributed by atoms with van der Waals surface area (Å²) in [6.45, 7) is 8.47. The van der Waals surface area contributed by atoms with Gasteiger partial charge in [0.15, 0.2) is 11.6 Å². The van der Waals surface area contributed by atoms with E-state index in [1.807, 2.05) is 22.7 Å². The molecule has 188 valence electrons. The Morgan fingerprint density at radius 1 is 1.31 bits per heavy atom. The summed E-state index contributed by atoms with van der Waals surface area (Å²) in [5.74, 6) is 0.0474. The van der Waals surface area contributed by atoms with Gasteiger partial charge in [0.05, 0.1) is 35.1 Å². The van der Waals surface area contributed by atoms with Crippen LogP contribution in [0.1, 0.15) is 45.2 Å². The number of aryl methyl sites for hydroxylation is 1. The number of carbonyl (C=O) groups is 1. The SMILES string of the molecule is CC(=O)N1CCC(n2cc(Nc3ncc(C)c(-c4ccc(OCC(C)(C)C#N)c(F)c4)n3)cn2)CC1. The molecule has 0 unspecified atom stereocenters. The van der Waals surface area contributed by atoms with E-state index in [-0.39, 0.29) is 24.3 Å². The summed E-state index contributed by atoms with van der Waals surface area (Å²) in [4.78, 5) is 22.4. The molecule has 1 aromatic carbocycles. The first-order valence-electron chi connectivity index (χ1n) is 11.9. The number of nitrogens with zero attached hydrogens (tertiary/aromatic N) is 6. The van der Waals surface area contributed by atoms with Crippen LogP contribution in [-0.4, -0.2) is 50.3 Å². The van der Waals surface area contributed by atoms with Crippen LogP contribution < -0.4 is 10.1 Å². The number of benzene rings is 1. The lowest BCUT2D eigenvalue weighted by molar-refractivity contribution is -0.130. The maximum absolute atomic E-state index is 14.7. The molecule has 2 aromatic heterocycles.